The van der Waals surface area contributed by atoms with Gasteiger partial charge >= 0.3 is 5.97 Å². The van der Waals surface area contributed by atoms with Crippen LogP contribution in [0.25, 0.3) is 0 Å². The molecule has 0 aromatic carbocycles. The Labute approximate surface area is 96.9 Å². The maximum absolute atomic E-state index is 12.2. The summed E-state index contributed by atoms with van der Waals surface area (Å²) in [5, 5.41) is 0. The van der Waals surface area contributed by atoms with E-state index in [-0.39, 0.29) is 17.1 Å². The number of hydrogen-bond acceptors (Lipinski definition) is 3. The van der Waals surface area contributed by atoms with Gasteiger partial charge in [-0.1, -0.05) is 19.9 Å². The highest BCUT2D eigenvalue weighted by Crippen LogP contribution is 2.42. The lowest BCUT2D eigenvalue weighted by molar-refractivity contribution is -0.158. The molecule has 0 aliphatic heterocycles. The van der Waals surface area contributed by atoms with Gasteiger partial charge in [0.05, 0.1) is 7.11 Å². The average Bonchev–Trinajstić information content (AvgIpc) is 2.22. The predicted molar refractivity (Wildman–Crippen MR) is 61.8 cm³/mol. The number of methoxy groups -OCH3 is 1. The summed E-state index contributed by atoms with van der Waals surface area (Å²) in [6.45, 7) is 7.56. The molecule has 90 valence electrons. The normalized spacial score (nSPS) is 28.6. The highest BCUT2D eigenvalue weighted by Gasteiger charge is 2.47. The van der Waals surface area contributed by atoms with E-state index in [9.17, 15) is 9.59 Å². The van der Waals surface area contributed by atoms with Gasteiger partial charge in [0.25, 0.3) is 0 Å². The predicted octanol–water partition coefficient (Wildman–Crippen LogP) is 2.36. The Bertz CT molecular complexity index is 304. The number of hydrogen-bond donors (Lipinski definition) is 0. The van der Waals surface area contributed by atoms with Crippen molar-refractivity contribution < 1.29 is 14.3 Å². The van der Waals surface area contributed by atoms with Crippen molar-refractivity contribution in [3.63, 3.8) is 0 Å². The van der Waals surface area contributed by atoms with E-state index in [2.05, 4.69) is 6.58 Å². The van der Waals surface area contributed by atoms with Gasteiger partial charge in [-0.15, -0.1) is 6.58 Å². The standard InChI is InChI=1S/C13H20O3/c1-5-6-9-7-8-13(2,3)10(11(9)14)12(15)16-4/h5,9-10H,1,6-8H2,2-4H3. The van der Waals surface area contributed by atoms with Gasteiger partial charge in [-0.25, -0.2) is 0 Å². The van der Waals surface area contributed by atoms with Crippen LogP contribution in [0.2, 0.25) is 0 Å². The fourth-order valence-corrected chi connectivity index (χ4v) is 2.44. The van der Waals surface area contributed by atoms with Gasteiger partial charge in [0.1, 0.15) is 5.92 Å². The van der Waals surface area contributed by atoms with Crippen molar-refractivity contribution >= 4 is 11.8 Å². The van der Waals surface area contributed by atoms with E-state index in [0.717, 1.165) is 12.8 Å². The lowest BCUT2D eigenvalue weighted by Crippen LogP contribution is -2.45. The van der Waals surface area contributed by atoms with Gasteiger partial charge in [-0.05, 0) is 24.7 Å². The van der Waals surface area contributed by atoms with Crippen molar-refractivity contribution in [1.82, 2.24) is 0 Å². The molecule has 0 heterocycles. The zero-order valence-electron chi connectivity index (χ0n) is 10.3. The summed E-state index contributed by atoms with van der Waals surface area (Å²) in [7, 11) is 1.34. The van der Waals surface area contributed by atoms with Gasteiger partial charge in [0.2, 0.25) is 0 Å². The fraction of sp³-hybridized carbons (Fsp3) is 0.692. The second-order valence-corrected chi connectivity index (χ2v) is 5.11. The molecule has 1 fully saturated rings. The zero-order valence-corrected chi connectivity index (χ0v) is 10.3. The SMILES string of the molecule is C=CCC1CCC(C)(C)C(C(=O)OC)C1=O. The highest BCUT2D eigenvalue weighted by molar-refractivity contribution is 6.01. The van der Waals surface area contributed by atoms with Crippen LogP contribution in [-0.2, 0) is 14.3 Å². The van der Waals surface area contributed by atoms with Crippen molar-refractivity contribution in [1.29, 1.82) is 0 Å². The van der Waals surface area contributed by atoms with E-state index in [4.69, 9.17) is 4.74 Å². The first kappa shape index (κ1) is 12.9. The Hall–Kier alpha value is -1.12. The number of carbonyl (C=O) groups is 2. The first-order chi connectivity index (χ1) is 7.44. The first-order valence-corrected chi connectivity index (χ1v) is 5.66. The van der Waals surface area contributed by atoms with Gasteiger partial charge in [0.15, 0.2) is 5.78 Å². The van der Waals surface area contributed by atoms with E-state index >= 15 is 0 Å². The Morgan fingerprint density at radius 1 is 1.62 bits per heavy atom. The Balaban J connectivity index is 2.93. The maximum atomic E-state index is 12.2. The molecule has 0 N–H and O–H groups in total. The molecule has 0 spiro atoms. The summed E-state index contributed by atoms with van der Waals surface area (Å²) < 4.78 is 4.74. The van der Waals surface area contributed by atoms with Crippen molar-refractivity contribution in [2.24, 2.45) is 17.3 Å². The molecule has 2 unspecified atom stereocenters. The van der Waals surface area contributed by atoms with Crippen molar-refractivity contribution in [2.75, 3.05) is 7.11 Å². The van der Waals surface area contributed by atoms with E-state index in [0.29, 0.717) is 6.42 Å². The minimum absolute atomic E-state index is 0.0167. The fourth-order valence-electron chi connectivity index (χ4n) is 2.44. The molecule has 1 aliphatic rings. The number of rotatable bonds is 3. The first-order valence-electron chi connectivity index (χ1n) is 5.66. The molecule has 16 heavy (non-hydrogen) atoms. The average molecular weight is 224 g/mol. The molecule has 1 rings (SSSR count). The topological polar surface area (TPSA) is 43.4 Å². The summed E-state index contributed by atoms with van der Waals surface area (Å²) in [6, 6.07) is 0. The third-order valence-electron chi connectivity index (χ3n) is 3.49. The molecule has 0 aromatic rings. The molecule has 0 amide bonds. The molecule has 0 radical (unpaired) electrons. The van der Waals surface area contributed by atoms with Crippen LogP contribution in [0.5, 0.6) is 0 Å². The van der Waals surface area contributed by atoms with Crippen LogP contribution in [0, 0.1) is 17.3 Å². The number of carbonyl (C=O) groups excluding carboxylic acids is 2. The molecular formula is C13H20O3. The van der Waals surface area contributed by atoms with Crippen LogP contribution in [0.4, 0.5) is 0 Å². The van der Waals surface area contributed by atoms with Crippen molar-refractivity contribution in [3.8, 4) is 0 Å². The molecule has 0 aromatic heterocycles. The molecular weight excluding hydrogens is 204 g/mol. The quantitative estimate of drug-likeness (QED) is 0.420. The molecule has 0 saturated heterocycles. The van der Waals surface area contributed by atoms with Gasteiger partial charge in [-0.3, -0.25) is 9.59 Å². The van der Waals surface area contributed by atoms with E-state index in [1.54, 1.807) is 6.08 Å². The van der Waals surface area contributed by atoms with Crippen LogP contribution in [-0.4, -0.2) is 18.9 Å². The van der Waals surface area contributed by atoms with Crippen LogP contribution < -0.4 is 0 Å². The minimum atomic E-state index is -0.615. The maximum Gasteiger partial charge on any atom is 0.316 e. The summed E-state index contributed by atoms with van der Waals surface area (Å²) in [6.07, 6.45) is 4.11. The number of allylic oxidation sites excluding steroid dienone is 1. The zero-order chi connectivity index (χ0) is 12.3. The number of esters is 1. The van der Waals surface area contributed by atoms with Crippen molar-refractivity contribution in [2.45, 2.75) is 33.1 Å². The van der Waals surface area contributed by atoms with Crippen LogP contribution in [0.3, 0.4) is 0 Å². The number of ketones is 1. The lowest BCUT2D eigenvalue weighted by atomic mass is 9.64. The Morgan fingerprint density at radius 2 is 2.25 bits per heavy atom. The third kappa shape index (κ3) is 2.34. The lowest BCUT2D eigenvalue weighted by Gasteiger charge is -2.38. The van der Waals surface area contributed by atoms with Crippen LogP contribution in [0.1, 0.15) is 33.1 Å². The second-order valence-electron chi connectivity index (χ2n) is 5.11. The van der Waals surface area contributed by atoms with Gasteiger partial charge in [-0.2, -0.15) is 0 Å². The minimum Gasteiger partial charge on any atom is -0.468 e. The summed E-state index contributed by atoms with van der Waals surface area (Å²) >= 11 is 0. The van der Waals surface area contributed by atoms with Crippen LogP contribution in [0.15, 0.2) is 12.7 Å². The van der Waals surface area contributed by atoms with Gasteiger partial charge < -0.3 is 4.74 Å². The summed E-state index contributed by atoms with van der Waals surface area (Å²) in [5.41, 5.74) is -0.290. The van der Waals surface area contributed by atoms with Crippen molar-refractivity contribution in [3.05, 3.63) is 12.7 Å². The molecule has 0 bridgehead atoms. The smallest absolute Gasteiger partial charge is 0.316 e. The molecule has 3 heteroatoms. The number of ether oxygens (including phenoxy) is 1. The number of Topliss-reactive ketones (excluding diaryl/α,β-unsaturated/α-hetero) is 1. The van der Waals surface area contributed by atoms with Gasteiger partial charge in [0, 0.05) is 5.92 Å². The third-order valence-corrected chi connectivity index (χ3v) is 3.49. The molecule has 3 nitrogen and oxygen atoms in total. The van der Waals surface area contributed by atoms with E-state index in [1.807, 2.05) is 13.8 Å². The molecule has 1 saturated carbocycles. The Morgan fingerprint density at radius 3 is 2.75 bits per heavy atom. The summed E-state index contributed by atoms with van der Waals surface area (Å²) in [5.74, 6) is -1.06. The van der Waals surface area contributed by atoms with E-state index in [1.165, 1.54) is 7.11 Å². The largest absolute Gasteiger partial charge is 0.468 e. The Kier molecular flexibility index (Phi) is 3.89. The van der Waals surface area contributed by atoms with E-state index < -0.39 is 11.9 Å². The monoisotopic (exact) mass is 224 g/mol. The van der Waals surface area contributed by atoms with Crippen LogP contribution >= 0.6 is 0 Å². The molecule has 2 atom stereocenters. The summed E-state index contributed by atoms with van der Waals surface area (Å²) in [4.78, 5) is 23.9. The second kappa shape index (κ2) is 4.81. The molecule has 1 aliphatic carbocycles. The highest BCUT2D eigenvalue weighted by atomic mass is 16.5.